The van der Waals surface area contributed by atoms with E-state index in [9.17, 15) is 18.4 Å². The van der Waals surface area contributed by atoms with Crippen molar-refractivity contribution in [3.05, 3.63) is 59.7 Å². The summed E-state index contributed by atoms with van der Waals surface area (Å²) in [7, 11) is 0. The number of amides is 1. The van der Waals surface area contributed by atoms with Crippen LogP contribution in [0.3, 0.4) is 0 Å². The number of halogens is 2. The number of Topliss-reactive ketones (excluding diaryl/α,β-unsaturated/α-hetero) is 1. The molecular weight excluding hydrogens is 382 g/mol. The largest absolute Gasteiger partial charge is 0.366 e. The molecule has 0 spiro atoms. The Hall–Kier alpha value is -2.41. The molecule has 0 aliphatic carbocycles. The first kappa shape index (κ1) is 20.3. The van der Waals surface area contributed by atoms with Crippen molar-refractivity contribution in [2.24, 2.45) is 0 Å². The van der Waals surface area contributed by atoms with Gasteiger partial charge >= 0.3 is 0 Å². The van der Waals surface area contributed by atoms with Crippen molar-refractivity contribution < 1.29 is 18.4 Å². The Labute approximate surface area is 167 Å². The third-order valence-corrected chi connectivity index (χ3v) is 5.74. The minimum absolute atomic E-state index is 0.0710. The maximum absolute atomic E-state index is 14.3. The van der Waals surface area contributed by atoms with Crippen molar-refractivity contribution in [1.82, 2.24) is 4.90 Å². The number of carbonyl (C=O) groups is 2. The summed E-state index contributed by atoms with van der Waals surface area (Å²) in [6.45, 7) is 3.58. The molecule has 1 aliphatic rings. The SMILES string of the molecule is CC(=O)c1ccc(N2CCN(C(=O)CCSc3ccc(F)cc3)CC2)c(F)c1. The van der Waals surface area contributed by atoms with E-state index < -0.39 is 5.82 Å². The number of hydrogen-bond donors (Lipinski definition) is 0. The minimum Gasteiger partial charge on any atom is -0.366 e. The van der Waals surface area contributed by atoms with Crippen LogP contribution in [-0.4, -0.2) is 48.5 Å². The zero-order valence-corrected chi connectivity index (χ0v) is 16.5. The van der Waals surface area contributed by atoms with E-state index in [2.05, 4.69) is 0 Å². The van der Waals surface area contributed by atoms with Crippen molar-refractivity contribution in [2.45, 2.75) is 18.2 Å². The predicted octanol–water partition coefficient (Wildman–Crippen LogP) is 4.00. The van der Waals surface area contributed by atoms with Gasteiger partial charge in [0.2, 0.25) is 5.91 Å². The topological polar surface area (TPSA) is 40.6 Å². The second-order valence-corrected chi connectivity index (χ2v) is 7.81. The number of ketones is 1. The van der Waals surface area contributed by atoms with Gasteiger partial charge in [-0.1, -0.05) is 0 Å². The average molecular weight is 404 g/mol. The highest BCUT2D eigenvalue weighted by molar-refractivity contribution is 7.99. The molecule has 1 aliphatic heterocycles. The molecule has 2 aromatic rings. The Balaban J connectivity index is 1.47. The summed E-state index contributed by atoms with van der Waals surface area (Å²) in [4.78, 5) is 28.4. The third kappa shape index (κ3) is 5.10. The molecule has 0 N–H and O–H groups in total. The summed E-state index contributed by atoms with van der Waals surface area (Å²) in [6.07, 6.45) is 0.406. The Bertz CT molecular complexity index is 850. The van der Waals surface area contributed by atoms with Gasteiger partial charge in [-0.2, -0.15) is 0 Å². The van der Waals surface area contributed by atoms with Crippen LogP contribution in [0, 0.1) is 11.6 Å². The fourth-order valence-electron chi connectivity index (χ4n) is 3.12. The van der Waals surface area contributed by atoms with Gasteiger partial charge in [-0.05, 0) is 49.4 Å². The van der Waals surface area contributed by atoms with Crippen molar-refractivity contribution >= 4 is 29.1 Å². The highest BCUT2D eigenvalue weighted by Crippen LogP contribution is 2.23. The fourth-order valence-corrected chi connectivity index (χ4v) is 3.97. The number of carbonyl (C=O) groups excluding carboxylic acids is 2. The lowest BCUT2D eigenvalue weighted by atomic mass is 10.1. The zero-order valence-electron chi connectivity index (χ0n) is 15.7. The number of hydrogen-bond acceptors (Lipinski definition) is 4. The molecule has 4 nitrogen and oxygen atoms in total. The van der Waals surface area contributed by atoms with Gasteiger partial charge in [-0.15, -0.1) is 11.8 Å². The molecule has 0 radical (unpaired) electrons. The molecule has 1 fully saturated rings. The van der Waals surface area contributed by atoms with Crippen LogP contribution in [0.1, 0.15) is 23.7 Å². The summed E-state index contributed by atoms with van der Waals surface area (Å²) in [5.41, 5.74) is 0.817. The van der Waals surface area contributed by atoms with E-state index in [-0.39, 0.29) is 17.5 Å². The number of rotatable bonds is 6. The van der Waals surface area contributed by atoms with E-state index in [0.717, 1.165) is 4.90 Å². The first-order valence-electron chi connectivity index (χ1n) is 9.15. The van der Waals surface area contributed by atoms with Gasteiger partial charge in [0.25, 0.3) is 0 Å². The molecule has 0 aromatic heterocycles. The molecule has 0 saturated carbocycles. The van der Waals surface area contributed by atoms with Crippen molar-refractivity contribution in [3.8, 4) is 0 Å². The Kier molecular flexibility index (Phi) is 6.67. The molecular formula is C21H22F2N2O2S. The van der Waals surface area contributed by atoms with Gasteiger partial charge in [0.05, 0.1) is 5.69 Å². The quantitative estimate of drug-likeness (QED) is 0.539. The van der Waals surface area contributed by atoms with E-state index in [1.54, 1.807) is 29.2 Å². The second kappa shape index (κ2) is 9.19. The Morgan fingerprint density at radius 2 is 1.68 bits per heavy atom. The molecule has 148 valence electrons. The molecule has 0 unspecified atom stereocenters. The van der Waals surface area contributed by atoms with Crippen LogP contribution in [0.2, 0.25) is 0 Å². The number of piperazine rings is 1. The first-order valence-corrected chi connectivity index (χ1v) is 10.1. The fraction of sp³-hybridized carbons (Fsp3) is 0.333. The highest BCUT2D eigenvalue weighted by atomic mass is 32.2. The summed E-state index contributed by atoms with van der Waals surface area (Å²) < 4.78 is 27.2. The number of benzene rings is 2. The summed E-state index contributed by atoms with van der Waals surface area (Å²) >= 11 is 1.52. The molecule has 7 heteroatoms. The molecule has 0 bridgehead atoms. The van der Waals surface area contributed by atoms with Crippen LogP contribution in [0.5, 0.6) is 0 Å². The van der Waals surface area contributed by atoms with Crippen LogP contribution in [0.15, 0.2) is 47.4 Å². The minimum atomic E-state index is -0.414. The zero-order chi connectivity index (χ0) is 20.1. The lowest BCUT2D eigenvalue weighted by molar-refractivity contribution is -0.131. The lowest BCUT2D eigenvalue weighted by Gasteiger charge is -2.36. The summed E-state index contributed by atoms with van der Waals surface area (Å²) in [5.74, 6) is -0.152. The van der Waals surface area contributed by atoms with Crippen LogP contribution >= 0.6 is 11.8 Å². The first-order chi connectivity index (χ1) is 13.4. The summed E-state index contributed by atoms with van der Waals surface area (Å²) in [5, 5.41) is 0. The monoisotopic (exact) mass is 404 g/mol. The molecule has 3 rings (SSSR count). The molecule has 1 amide bonds. The number of anilines is 1. The van der Waals surface area contributed by atoms with Crippen LogP contribution < -0.4 is 4.90 Å². The van der Waals surface area contributed by atoms with E-state index in [1.165, 1.54) is 36.9 Å². The smallest absolute Gasteiger partial charge is 0.223 e. The van der Waals surface area contributed by atoms with Gasteiger partial charge < -0.3 is 9.80 Å². The number of thioether (sulfide) groups is 1. The normalized spacial score (nSPS) is 14.2. The van der Waals surface area contributed by atoms with Gasteiger partial charge in [0, 0.05) is 48.8 Å². The Morgan fingerprint density at radius 3 is 2.29 bits per heavy atom. The van der Waals surface area contributed by atoms with Gasteiger partial charge in [-0.3, -0.25) is 9.59 Å². The van der Waals surface area contributed by atoms with Gasteiger partial charge in [0.1, 0.15) is 11.6 Å². The van der Waals surface area contributed by atoms with E-state index in [4.69, 9.17) is 0 Å². The molecule has 1 saturated heterocycles. The van der Waals surface area contributed by atoms with E-state index in [1.807, 2.05) is 4.90 Å². The second-order valence-electron chi connectivity index (χ2n) is 6.64. The standard InChI is InChI=1S/C21H22F2N2O2S/c1-15(26)16-2-7-20(19(23)14-16)24-9-11-25(12-10-24)21(27)8-13-28-18-5-3-17(22)4-6-18/h2-7,14H,8-13H2,1H3. The van der Waals surface area contributed by atoms with Crippen LogP contribution in [-0.2, 0) is 4.79 Å². The highest BCUT2D eigenvalue weighted by Gasteiger charge is 2.23. The molecule has 0 atom stereocenters. The van der Waals surface area contributed by atoms with Gasteiger partial charge in [0.15, 0.2) is 5.78 Å². The predicted molar refractivity (Wildman–Crippen MR) is 107 cm³/mol. The summed E-state index contributed by atoms with van der Waals surface area (Å²) in [6, 6.07) is 10.7. The third-order valence-electron chi connectivity index (χ3n) is 4.73. The van der Waals surface area contributed by atoms with Crippen molar-refractivity contribution in [2.75, 3.05) is 36.8 Å². The maximum atomic E-state index is 14.3. The molecule has 28 heavy (non-hydrogen) atoms. The van der Waals surface area contributed by atoms with Crippen molar-refractivity contribution in [3.63, 3.8) is 0 Å². The van der Waals surface area contributed by atoms with E-state index in [0.29, 0.717) is 49.6 Å². The molecule has 2 aromatic carbocycles. The maximum Gasteiger partial charge on any atom is 0.223 e. The molecule has 1 heterocycles. The number of nitrogens with zero attached hydrogens (tertiary/aromatic N) is 2. The Morgan fingerprint density at radius 1 is 1.00 bits per heavy atom. The average Bonchev–Trinajstić information content (AvgIpc) is 2.69. The van der Waals surface area contributed by atoms with Crippen LogP contribution in [0.25, 0.3) is 0 Å². The van der Waals surface area contributed by atoms with Gasteiger partial charge in [-0.25, -0.2) is 8.78 Å². The lowest BCUT2D eigenvalue weighted by Crippen LogP contribution is -2.49. The van der Waals surface area contributed by atoms with E-state index >= 15 is 0 Å². The van der Waals surface area contributed by atoms with Crippen molar-refractivity contribution in [1.29, 1.82) is 0 Å². The van der Waals surface area contributed by atoms with Crippen LogP contribution in [0.4, 0.5) is 14.5 Å².